The second-order valence-corrected chi connectivity index (χ2v) is 5.42. The zero-order valence-electron chi connectivity index (χ0n) is 13.1. The van der Waals surface area contributed by atoms with Crippen LogP contribution in [0, 0.1) is 0 Å². The van der Waals surface area contributed by atoms with Crippen molar-refractivity contribution in [1.29, 1.82) is 0 Å². The van der Waals surface area contributed by atoms with E-state index < -0.39 is 0 Å². The lowest BCUT2D eigenvalue weighted by Crippen LogP contribution is -2.34. The van der Waals surface area contributed by atoms with Crippen molar-refractivity contribution >= 4 is 22.7 Å². The Balaban J connectivity index is 1.91. The number of aromatic nitrogens is 1. The summed E-state index contributed by atoms with van der Waals surface area (Å²) in [5.74, 6) is -0.283. The molecule has 0 saturated carbocycles. The molecule has 1 heterocycles. The van der Waals surface area contributed by atoms with Gasteiger partial charge in [-0.3, -0.25) is 9.59 Å². The van der Waals surface area contributed by atoms with Gasteiger partial charge in [0.25, 0.3) is 5.91 Å². The number of benzene rings is 1. The topological polar surface area (TPSA) is 63.1 Å². The van der Waals surface area contributed by atoms with Crippen LogP contribution in [0.3, 0.4) is 0 Å². The maximum absolute atomic E-state index is 12.2. The lowest BCUT2D eigenvalue weighted by molar-refractivity contribution is -0.116. The molecule has 2 aromatic rings. The molecule has 0 aliphatic rings. The highest BCUT2D eigenvalue weighted by Crippen LogP contribution is 2.17. The molecule has 1 aromatic heterocycles. The van der Waals surface area contributed by atoms with E-state index in [0.717, 1.165) is 16.5 Å². The Morgan fingerprint density at radius 1 is 1.14 bits per heavy atom. The molecular weight excluding hydrogens is 278 g/mol. The van der Waals surface area contributed by atoms with E-state index >= 15 is 0 Å². The summed E-state index contributed by atoms with van der Waals surface area (Å²) in [4.78, 5) is 23.6. The molecule has 116 valence electrons. The summed E-state index contributed by atoms with van der Waals surface area (Å²) in [7, 11) is 1.87. The maximum atomic E-state index is 12.2. The minimum Gasteiger partial charge on any atom is -0.351 e. The number of nitrogens with one attached hydrogen (secondary N) is 2. The zero-order chi connectivity index (χ0) is 16.1. The molecule has 1 aromatic carbocycles. The van der Waals surface area contributed by atoms with Gasteiger partial charge in [0.15, 0.2) is 0 Å². The molecule has 0 radical (unpaired) electrons. The fraction of sp³-hybridized carbons (Fsp3) is 0.294. The average Bonchev–Trinajstić information content (AvgIpc) is 2.80. The summed E-state index contributed by atoms with van der Waals surface area (Å²) in [6.45, 7) is 4.52. The van der Waals surface area contributed by atoms with Gasteiger partial charge in [0.1, 0.15) is 5.69 Å². The fourth-order valence-corrected chi connectivity index (χ4v) is 2.27. The Labute approximate surface area is 130 Å². The molecule has 0 atom stereocenters. The number of carbonyl (C=O) groups is 2. The van der Waals surface area contributed by atoms with Gasteiger partial charge in [0, 0.05) is 37.1 Å². The van der Waals surface area contributed by atoms with Crippen LogP contribution in [-0.2, 0) is 11.8 Å². The Morgan fingerprint density at radius 2 is 1.82 bits per heavy atom. The van der Waals surface area contributed by atoms with Gasteiger partial charge in [-0.05, 0) is 26.0 Å². The van der Waals surface area contributed by atoms with Gasteiger partial charge in [-0.1, -0.05) is 23.8 Å². The maximum Gasteiger partial charge on any atom is 0.267 e. The largest absolute Gasteiger partial charge is 0.351 e. The first-order chi connectivity index (χ1) is 10.5. The number of hydrogen-bond acceptors (Lipinski definition) is 2. The van der Waals surface area contributed by atoms with Gasteiger partial charge >= 0.3 is 0 Å². The Bertz CT molecular complexity index is 725. The second kappa shape index (κ2) is 6.93. The molecule has 0 fully saturated rings. The van der Waals surface area contributed by atoms with Gasteiger partial charge in [0.05, 0.1) is 0 Å². The predicted octanol–water partition coefficient (Wildman–Crippen LogP) is 1.99. The van der Waals surface area contributed by atoms with Gasteiger partial charge < -0.3 is 15.2 Å². The van der Waals surface area contributed by atoms with Crippen LogP contribution in [-0.4, -0.2) is 29.5 Å². The number of aryl methyl sites for hydroxylation is 1. The highest BCUT2D eigenvalue weighted by Gasteiger charge is 2.12. The third-order valence-electron chi connectivity index (χ3n) is 3.31. The third-order valence-corrected chi connectivity index (χ3v) is 3.31. The Kier molecular flexibility index (Phi) is 4.99. The third kappa shape index (κ3) is 3.75. The molecule has 2 rings (SSSR count). The molecule has 5 nitrogen and oxygen atoms in total. The number of para-hydroxylation sites is 1. The predicted molar refractivity (Wildman–Crippen MR) is 87.7 cm³/mol. The number of carbonyl (C=O) groups excluding carboxylic acids is 2. The van der Waals surface area contributed by atoms with Gasteiger partial charge in [-0.25, -0.2) is 0 Å². The Morgan fingerprint density at radius 3 is 2.50 bits per heavy atom. The first kappa shape index (κ1) is 15.8. The normalized spacial score (nSPS) is 10.3. The number of rotatable bonds is 5. The highest BCUT2D eigenvalue weighted by molar-refractivity contribution is 5.98. The molecule has 0 unspecified atom stereocenters. The minimum atomic E-state index is -0.143. The number of allylic oxidation sites excluding steroid dienone is 1. The van der Waals surface area contributed by atoms with Crippen LogP contribution >= 0.6 is 0 Å². The summed E-state index contributed by atoms with van der Waals surface area (Å²) < 4.78 is 1.87. The monoisotopic (exact) mass is 299 g/mol. The summed E-state index contributed by atoms with van der Waals surface area (Å²) in [6, 6.07) is 9.72. The van der Waals surface area contributed by atoms with E-state index in [1.165, 1.54) is 6.08 Å². The Hall–Kier alpha value is -2.56. The van der Waals surface area contributed by atoms with Crippen molar-refractivity contribution in [2.45, 2.75) is 13.8 Å². The van der Waals surface area contributed by atoms with Crippen molar-refractivity contribution in [3.8, 4) is 0 Å². The van der Waals surface area contributed by atoms with Crippen molar-refractivity contribution in [2.75, 3.05) is 13.1 Å². The average molecular weight is 299 g/mol. The first-order valence-electron chi connectivity index (χ1n) is 7.24. The van der Waals surface area contributed by atoms with E-state index in [1.54, 1.807) is 0 Å². The van der Waals surface area contributed by atoms with Crippen LogP contribution in [0.2, 0.25) is 0 Å². The van der Waals surface area contributed by atoms with E-state index in [1.807, 2.05) is 55.8 Å². The van der Waals surface area contributed by atoms with Crippen molar-refractivity contribution in [2.24, 2.45) is 7.05 Å². The van der Waals surface area contributed by atoms with Crippen molar-refractivity contribution in [3.05, 3.63) is 47.7 Å². The number of nitrogens with zero attached hydrogens (tertiary/aromatic N) is 1. The van der Waals surface area contributed by atoms with Gasteiger partial charge in [-0.15, -0.1) is 0 Å². The standard InChI is InChI=1S/C17H21N3O2/c1-12(2)10-16(21)18-8-9-19-17(22)15-11-13-6-4-5-7-14(13)20(15)3/h4-7,10-11H,8-9H2,1-3H3,(H,18,21)(H,19,22). The second-order valence-electron chi connectivity index (χ2n) is 5.42. The van der Waals surface area contributed by atoms with Crippen molar-refractivity contribution in [1.82, 2.24) is 15.2 Å². The van der Waals surface area contributed by atoms with E-state index in [4.69, 9.17) is 0 Å². The van der Waals surface area contributed by atoms with Gasteiger partial charge in [0.2, 0.25) is 5.91 Å². The van der Waals surface area contributed by atoms with Crippen molar-refractivity contribution < 1.29 is 9.59 Å². The van der Waals surface area contributed by atoms with Crippen LogP contribution in [0.15, 0.2) is 42.0 Å². The zero-order valence-corrected chi connectivity index (χ0v) is 13.1. The van der Waals surface area contributed by atoms with Crippen LogP contribution < -0.4 is 10.6 Å². The molecule has 0 aliphatic heterocycles. The van der Waals surface area contributed by atoms with E-state index in [9.17, 15) is 9.59 Å². The lowest BCUT2D eigenvalue weighted by Gasteiger charge is -2.07. The summed E-state index contributed by atoms with van der Waals surface area (Å²) in [6.07, 6.45) is 1.53. The fourth-order valence-electron chi connectivity index (χ4n) is 2.27. The molecular formula is C17H21N3O2. The first-order valence-corrected chi connectivity index (χ1v) is 7.24. The molecule has 0 spiro atoms. The highest BCUT2D eigenvalue weighted by atomic mass is 16.2. The molecule has 0 aliphatic carbocycles. The number of hydrogen-bond donors (Lipinski definition) is 2. The molecule has 2 N–H and O–H groups in total. The van der Waals surface area contributed by atoms with E-state index in [0.29, 0.717) is 18.8 Å². The summed E-state index contributed by atoms with van der Waals surface area (Å²) in [5.41, 5.74) is 2.57. The van der Waals surface area contributed by atoms with Crippen LogP contribution in [0.25, 0.3) is 10.9 Å². The molecule has 5 heteroatoms. The lowest BCUT2D eigenvalue weighted by atomic mass is 10.2. The molecule has 2 amide bonds. The minimum absolute atomic E-state index is 0.140. The van der Waals surface area contributed by atoms with Crippen LogP contribution in [0.4, 0.5) is 0 Å². The quantitative estimate of drug-likeness (QED) is 0.655. The number of amides is 2. The van der Waals surface area contributed by atoms with E-state index in [-0.39, 0.29) is 11.8 Å². The smallest absolute Gasteiger partial charge is 0.267 e. The molecule has 0 saturated heterocycles. The number of fused-ring (bicyclic) bond motifs is 1. The van der Waals surface area contributed by atoms with Crippen molar-refractivity contribution in [3.63, 3.8) is 0 Å². The molecule has 22 heavy (non-hydrogen) atoms. The summed E-state index contributed by atoms with van der Waals surface area (Å²) in [5, 5.41) is 6.57. The SMILES string of the molecule is CC(C)=CC(=O)NCCNC(=O)c1cc2ccccc2n1C. The van der Waals surface area contributed by atoms with Crippen LogP contribution in [0.1, 0.15) is 24.3 Å². The summed E-state index contributed by atoms with van der Waals surface area (Å²) >= 11 is 0. The van der Waals surface area contributed by atoms with Gasteiger partial charge in [-0.2, -0.15) is 0 Å². The van der Waals surface area contributed by atoms with Crippen LogP contribution in [0.5, 0.6) is 0 Å². The molecule has 0 bridgehead atoms. The van der Waals surface area contributed by atoms with E-state index in [2.05, 4.69) is 10.6 Å².